The van der Waals surface area contributed by atoms with E-state index in [9.17, 15) is 56.0 Å². The van der Waals surface area contributed by atoms with Crippen molar-refractivity contribution in [1.29, 1.82) is 0 Å². The van der Waals surface area contributed by atoms with Crippen LogP contribution in [-0.4, -0.2) is 105 Å². The van der Waals surface area contributed by atoms with Crippen molar-refractivity contribution in [3.8, 4) is 0 Å². The molecule has 0 aromatic heterocycles. The molecular formula is C35H46F8N2O14S4. The highest BCUT2D eigenvalue weighted by atomic mass is 32.3. The van der Waals surface area contributed by atoms with Crippen molar-refractivity contribution in [2.45, 2.75) is 117 Å². The van der Waals surface area contributed by atoms with Crippen LogP contribution in [0.25, 0.3) is 0 Å². The van der Waals surface area contributed by atoms with Gasteiger partial charge in [0.05, 0.1) is 18.1 Å². The van der Waals surface area contributed by atoms with Crippen LogP contribution in [-0.2, 0) is 63.3 Å². The van der Waals surface area contributed by atoms with Gasteiger partial charge in [-0.2, -0.15) is 52.0 Å². The minimum atomic E-state index is -6.73. The molecule has 1 aliphatic heterocycles. The molecule has 11 fully saturated rings. The lowest BCUT2D eigenvalue weighted by Gasteiger charge is -2.59. The summed E-state index contributed by atoms with van der Waals surface area (Å²) in [5.74, 6) is -15.8. The predicted molar refractivity (Wildman–Crippen MR) is 194 cm³/mol. The molecule has 1 heterocycles. The quantitative estimate of drug-likeness (QED) is 0.132. The van der Waals surface area contributed by atoms with Crippen molar-refractivity contribution in [3.63, 3.8) is 0 Å². The average Bonchev–Trinajstić information content (AvgIpc) is 3.72. The van der Waals surface area contributed by atoms with Crippen molar-refractivity contribution >= 4 is 46.6 Å². The first kappa shape index (κ1) is 46.6. The van der Waals surface area contributed by atoms with Gasteiger partial charge >= 0.3 is 48.9 Å². The summed E-state index contributed by atoms with van der Waals surface area (Å²) < 4.78 is 241. The molecule has 11 aliphatic rings. The third-order valence-electron chi connectivity index (χ3n) is 15.9. The number of aliphatic hydroxyl groups is 1. The second-order valence-electron chi connectivity index (χ2n) is 19.4. The maximum absolute atomic E-state index is 15.3. The number of ether oxygens (including phenoxy) is 2. The van der Waals surface area contributed by atoms with Crippen LogP contribution < -0.4 is 8.25 Å². The zero-order chi connectivity index (χ0) is 45.8. The monoisotopic (exact) mass is 998 g/mol. The van der Waals surface area contributed by atoms with Crippen LogP contribution in [0.3, 0.4) is 0 Å². The highest BCUT2D eigenvalue weighted by molar-refractivity contribution is 8.03. The van der Waals surface area contributed by atoms with E-state index in [2.05, 4.69) is 0 Å². The minimum Gasteiger partial charge on any atom is -0.459 e. The highest BCUT2D eigenvalue weighted by Gasteiger charge is 2.73. The summed E-state index contributed by atoms with van der Waals surface area (Å²) in [5.41, 5.74) is 0. The van der Waals surface area contributed by atoms with Gasteiger partial charge in [0.1, 0.15) is 18.8 Å². The number of carbonyl (C=O) groups excluding carboxylic acids is 1. The summed E-state index contributed by atoms with van der Waals surface area (Å²) in [4.78, 5) is 12.9. The fourth-order valence-corrected chi connectivity index (χ4v) is 19.6. The lowest BCUT2D eigenvalue weighted by atomic mass is 9.48. The fourth-order valence-electron chi connectivity index (χ4n) is 14.2. The molecule has 360 valence electrons. The van der Waals surface area contributed by atoms with Crippen LogP contribution in [0.1, 0.15) is 70.6 Å². The van der Waals surface area contributed by atoms with Crippen LogP contribution in [0.4, 0.5) is 35.1 Å². The van der Waals surface area contributed by atoms with E-state index in [-0.39, 0.29) is 61.7 Å². The molecule has 0 aromatic carbocycles. The average molecular weight is 999 g/mol. The first-order valence-corrected chi connectivity index (χ1v) is 26.6. The van der Waals surface area contributed by atoms with Crippen LogP contribution >= 0.6 is 0 Å². The van der Waals surface area contributed by atoms with Crippen molar-refractivity contribution in [3.05, 3.63) is 0 Å². The Morgan fingerprint density at radius 1 is 0.571 bits per heavy atom. The van der Waals surface area contributed by atoms with Gasteiger partial charge in [0.25, 0.3) is 20.0 Å². The van der Waals surface area contributed by atoms with Gasteiger partial charge in [0.2, 0.25) is 0 Å². The summed E-state index contributed by atoms with van der Waals surface area (Å²) in [6, 6.07) is 0. The molecule has 28 heteroatoms. The molecule has 3 N–H and O–H groups in total. The summed E-state index contributed by atoms with van der Waals surface area (Å²) in [6.45, 7) is -3.53. The number of nitrogens with one attached hydrogen (secondary N) is 2. The first-order valence-electron chi connectivity index (χ1n) is 20.9. The van der Waals surface area contributed by atoms with Gasteiger partial charge in [-0.15, -0.1) is 0 Å². The summed E-state index contributed by atoms with van der Waals surface area (Å²) >= 11 is 0. The largest absolute Gasteiger partial charge is 0.459 e. The van der Waals surface area contributed by atoms with Gasteiger partial charge in [0, 0.05) is 18.9 Å². The summed E-state index contributed by atoms with van der Waals surface area (Å²) in [5, 5.41) is -3.28. The molecule has 11 rings (SSSR count). The number of rotatable bonds is 18. The molecule has 10 aliphatic carbocycles. The third-order valence-corrected chi connectivity index (χ3v) is 22.2. The Labute approximate surface area is 357 Å². The molecule has 0 spiro atoms. The number of halogens is 8. The van der Waals surface area contributed by atoms with Crippen molar-refractivity contribution in [2.24, 2.45) is 76.9 Å². The molecule has 10 saturated carbocycles. The van der Waals surface area contributed by atoms with Gasteiger partial charge in [0.15, 0.2) is 0 Å². The standard InChI is InChI=1S/C35H46F8N2O14S4/c36-32(37,1-2-46)34(40,41)60(48,49)44-62(52,53)58-28-20-8-16-9-21(28)11-17(10-20)24(16)25-22-12-23-26(25)30(57-31(23)47)29(22)59-63(54,55)45-61(50,51)35(42,43)33(38,39)13-56-27-18-4-14-3-15(6-18)7-19(27)5-14/h14-30,44-46H,1-13H2. The lowest BCUT2D eigenvalue weighted by Crippen LogP contribution is -2.58. The third kappa shape index (κ3) is 7.46. The van der Waals surface area contributed by atoms with E-state index in [4.69, 9.17) is 22.9 Å². The number of hydrogen-bond donors (Lipinski definition) is 3. The highest BCUT2D eigenvalue weighted by Crippen LogP contribution is 2.68. The number of esters is 1. The molecule has 63 heavy (non-hydrogen) atoms. The van der Waals surface area contributed by atoms with Gasteiger partial charge in [-0.25, -0.2) is 21.0 Å². The number of alkyl halides is 8. The Morgan fingerprint density at radius 2 is 1.03 bits per heavy atom. The number of carbonyl (C=O) groups is 1. The molecule has 0 radical (unpaired) electrons. The maximum Gasteiger partial charge on any atom is 0.424 e. The second-order valence-corrected chi connectivity index (χ2v) is 26.0. The van der Waals surface area contributed by atoms with Crippen LogP contribution in [0, 0.1) is 76.9 Å². The smallest absolute Gasteiger partial charge is 0.424 e. The lowest BCUT2D eigenvalue weighted by molar-refractivity contribution is -0.220. The Kier molecular flexibility index (Phi) is 11.1. The van der Waals surface area contributed by atoms with E-state index >= 15 is 17.6 Å². The van der Waals surface area contributed by atoms with E-state index in [0.29, 0.717) is 45.8 Å². The zero-order valence-electron chi connectivity index (χ0n) is 32.9. The van der Waals surface area contributed by atoms with Crippen molar-refractivity contribution < 1.29 is 96.5 Å². The summed E-state index contributed by atoms with van der Waals surface area (Å²) in [7, 11) is -24.8. The van der Waals surface area contributed by atoms with Crippen LogP contribution in [0.2, 0.25) is 0 Å². The Hall–Kier alpha value is -1.53. The molecule has 16 nitrogen and oxygen atoms in total. The number of aliphatic hydroxyl groups excluding tert-OH is 1. The molecule has 6 unspecified atom stereocenters. The van der Waals surface area contributed by atoms with E-state index < -0.39 is 149 Å². The van der Waals surface area contributed by atoms with Gasteiger partial charge < -0.3 is 14.6 Å². The first-order chi connectivity index (χ1) is 29.0. The summed E-state index contributed by atoms with van der Waals surface area (Å²) in [6.07, 6.45) is -2.38. The maximum atomic E-state index is 15.3. The Balaban J connectivity index is 0.852. The van der Waals surface area contributed by atoms with Gasteiger partial charge in [-0.05, 0) is 129 Å². The predicted octanol–water partition coefficient (Wildman–Crippen LogP) is 3.25. The van der Waals surface area contributed by atoms with E-state index in [1.54, 1.807) is 0 Å². The number of hydrogen-bond acceptors (Lipinski definition) is 14. The van der Waals surface area contributed by atoms with Crippen molar-refractivity contribution in [1.82, 2.24) is 8.25 Å². The molecule has 6 atom stereocenters. The van der Waals surface area contributed by atoms with Crippen LogP contribution in [0.15, 0.2) is 0 Å². The molecule has 10 bridgehead atoms. The van der Waals surface area contributed by atoms with Crippen molar-refractivity contribution in [2.75, 3.05) is 13.2 Å². The van der Waals surface area contributed by atoms with E-state index in [0.717, 1.165) is 6.42 Å². The Bertz CT molecular complexity index is 2270. The van der Waals surface area contributed by atoms with E-state index in [1.165, 1.54) is 0 Å². The SMILES string of the molecule is O=C1OC2C(OS(=O)(=O)NS(=O)(=O)C(F)(F)C(F)(F)COC3C4CC5CC(C4)CC3C5)C3CC1C2C3C1C2CC3CC1CC(C2)C3OS(=O)(=O)NS(=O)(=O)C(F)(F)C(F)(F)CCO. The Morgan fingerprint density at radius 3 is 1.52 bits per heavy atom. The molecule has 0 amide bonds. The number of sulfonamides is 2. The minimum absolute atomic E-state index is 0.0112. The molecule has 0 aromatic rings. The van der Waals surface area contributed by atoms with E-state index in [1.807, 2.05) is 0 Å². The topological polar surface area (TPSA) is 235 Å². The van der Waals surface area contributed by atoms with Crippen LogP contribution in [0.5, 0.6) is 0 Å². The molecule has 1 saturated heterocycles. The normalized spacial score (nSPS) is 42.1. The number of fused-ring (bicyclic) bond motifs is 2. The molecular weight excluding hydrogens is 953 g/mol. The zero-order valence-corrected chi connectivity index (χ0v) is 36.2. The fraction of sp³-hybridized carbons (Fsp3) is 0.971. The van der Waals surface area contributed by atoms with Gasteiger partial charge in [-0.1, -0.05) is 8.25 Å². The van der Waals surface area contributed by atoms with Gasteiger partial charge in [-0.3, -0.25) is 8.98 Å². The second kappa shape index (κ2) is 15.0.